The highest BCUT2D eigenvalue weighted by Crippen LogP contribution is 2.43. The van der Waals surface area contributed by atoms with Crippen LogP contribution in [0.3, 0.4) is 0 Å². The van der Waals surface area contributed by atoms with Gasteiger partial charge in [0, 0.05) is 32.7 Å². The highest BCUT2D eigenvalue weighted by molar-refractivity contribution is 7.87. The third-order valence-corrected chi connectivity index (χ3v) is 9.16. The van der Waals surface area contributed by atoms with Gasteiger partial charge in [-0.05, 0) is 72.6 Å². The van der Waals surface area contributed by atoms with Gasteiger partial charge < -0.3 is 4.74 Å². The minimum Gasteiger partial charge on any atom is -0.375 e. The molecule has 0 spiro atoms. The molecule has 2 aliphatic heterocycles. The summed E-state index contributed by atoms with van der Waals surface area (Å²) in [5.41, 5.74) is 2.54. The monoisotopic (exact) mass is 555 g/mol. The number of rotatable bonds is 8. The zero-order chi connectivity index (χ0) is 25.4. The molecular weight excluding hydrogens is 528 g/mol. The van der Waals surface area contributed by atoms with Crippen molar-refractivity contribution in [1.29, 1.82) is 0 Å². The normalized spacial score (nSPS) is 21.2. The molecular formula is C25H28Cl2FN3O4S. The Balaban J connectivity index is 1.29. The largest absolute Gasteiger partial charge is 0.375 e. The summed E-state index contributed by atoms with van der Waals surface area (Å²) in [6.45, 7) is 3.19. The van der Waals surface area contributed by atoms with Gasteiger partial charge in [0.15, 0.2) is 0 Å². The van der Waals surface area contributed by atoms with E-state index in [-0.39, 0.29) is 17.6 Å². The fourth-order valence-electron chi connectivity index (χ4n) is 4.70. The average Bonchev–Trinajstić information content (AvgIpc) is 3.60. The molecule has 0 radical (unpaired) electrons. The number of hydrogen-bond donors (Lipinski definition) is 1. The molecule has 1 amide bonds. The van der Waals surface area contributed by atoms with Crippen molar-refractivity contribution in [3.05, 3.63) is 68.4 Å². The molecule has 1 atom stereocenters. The lowest BCUT2D eigenvalue weighted by Gasteiger charge is -2.33. The fraction of sp³-hybridized carbons (Fsp3) is 0.480. The van der Waals surface area contributed by atoms with Gasteiger partial charge in [-0.15, -0.1) is 0 Å². The lowest BCUT2D eigenvalue weighted by Crippen LogP contribution is -2.49. The zero-order valence-corrected chi connectivity index (χ0v) is 22.0. The SMILES string of the molecule is O=C(NS(=O)(=O)N1CCC1)c1cc(C2CC2)c(CN2CCO[C@H](Cc3ccc(Cl)c(Cl)c3)C2)cc1F. The third-order valence-electron chi connectivity index (χ3n) is 6.93. The predicted molar refractivity (Wildman–Crippen MR) is 136 cm³/mol. The van der Waals surface area contributed by atoms with Crippen LogP contribution in [-0.2, 0) is 27.9 Å². The van der Waals surface area contributed by atoms with E-state index in [9.17, 15) is 13.2 Å². The molecule has 1 saturated carbocycles. The minimum atomic E-state index is -3.95. The third kappa shape index (κ3) is 5.87. The molecule has 2 heterocycles. The van der Waals surface area contributed by atoms with E-state index in [1.165, 1.54) is 16.4 Å². The summed E-state index contributed by atoms with van der Waals surface area (Å²) in [6.07, 6.45) is 3.33. The maximum absolute atomic E-state index is 15.1. The van der Waals surface area contributed by atoms with E-state index >= 15 is 4.39 Å². The van der Waals surface area contributed by atoms with Crippen LogP contribution in [-0.4, -0.2) is 62.4 Å². The van der Waals surface area contributed by atoms with Crippen LogP contribution in [0.1, 0.15) is 52.2 Å². The standard InChI is InChI=1S/C25H28Cl2FN3O4S/c26-22-5-2-16(11-23(22)27)10-19-15-30(8-9-35-19)14-18-12-24(28)21(13-20(18)17-3-4-17)25(32)29-36(33,34)31-6-1-7-31/h2,5,11-13,17,19H,1,3-4,6-10,14-15H2,(H,29,32)/t19-/m1/s1. The molecule has 0 unspecified atom stereocenters. The first-order valence-electron chi connectivity index (χ1n) is 12.1. The molecule has 1 aliphatic carbocycles. The van der Waals surface area contributed by atoms with E-state index in [2.05, 4.69) is 4.90 Å². The number of carbonyl (C=O) groups excluding carboxylic acids is 1. The number of carbonyl (C=O) groups is 1. The van der Waals surface area contributed by atoms with Crippen molar-refractivity contribution < 1.29 is 22.3 Å². The van der Waals surface area contributed by atoms with Crippen LogP contribution in [0.25, 0.3) is 0 Å². The zero-order valence-electron chi connectivity index (χ0n) is 19.7. The van der Waals surface area contributed by atoms with Crippen molar-refractivity contribution in [2.45, 2.75) is 44.2 Å². The van der Waals surface area contributed by atoms with Crippen LogP contribution in [0.4, 0.5) is 4.39 Å². The van der Waals surface area contributed by atoms with Crippen LogP contribution in [0.15, 0.2) is 30.3 Å². The molecule has 11 heteroatoms. The van der Waals surface area contributed by atoms with Gasteiger partial charge in [-0.3, -0.25) is 9.69 Å². The number of benzene rings is 2. The van der Waals surface area contributed by atoms with E-state index in [1.54, 1.807) is 6.07 Å². The number of morpholine rings is 1. The van der Waals surface area contributed by atoms with Gasteiger partial charge in [-0.2, -0.15) is 12.7 Å². The van der Waals surface area contributed by atoms with Crippen LogP contribution in [0.2, 0.25) is 10.0 Å². The lowest BCUT2D eigenvalue weighted by molar-refractivity contribution is -0.0305. The molecule has 36 heavy (non-hydrogen) atoms. The second kappa shape index (κ2) is 10.6. The van der Waals surface area contributed by atoms with Crippen molar-refractivity contribution in [3.8, 4) is 0 Å². The summed E-state index contributed by atoms with van der Waals surface area (Å²) in [7, 11) is -3.95. The van der Waals surface area contributed by atoms with Gasteiger partial charge in [-0.25, -0.2) is 9.11 Å². The van der Waals surface area contributed by atoms with Gasteiger partial charge in [0.25, 0.3) is 5.91 Å². The number of ether oxygens (including phenoxy) is 1. The highest BCUT2D eigenvalue weighted by atomic mass is 35.5. The Morgan fingerprint density at radius 3 is 2.56 bits per heavy atom. The first-order chi connectivity index (χ1) is 17.2. The van der Waals surface area contributed by atoms with Crippen LogP contribution < -0.4 is 4.72 Å². The molecule has 194 valence electrons. The first kappa shape index (κ1) is 25.9. The summed E-state index contributed by atoms with van der Waals surface area (Å²) in [5.74, 6) is -1.39. The van der Waals surface area contributed by atoms with Crippen molar-refractivity contribution >= 4 is 39.3 Å². The quantitative estimate of drug-likeness (QED) is 0.529. The van der Waals surface area contributed by atoms with Gasteiger partial charge in [0.05, 0.1) is 28.3 Å². The summed E-state index contributed by atoms with van der Waals surface area (Å²) in [5, 5.41) is 1.02. The summed E-state index contributed by atoms with van der Waals surface area (Å²) in [6, 6.07) is 8.48. The van der Waals surface area contributed by atoms with E-state index in [4.69, 9.17) is 27.9 Å². The van der Waals surface area contributed by atoms with E-state index in [0.29, 0.717) is 55.8 Å². The molecule has 0 bridgehead atoms. The Bertz CT molecular complexity index is 1270. The number of nitrogens with zero attached hydrogens (tertiary/aromatic N) is 2. The molecule has 5 rings (SSSR count). The summed E-state index contributed by atoms with van der Waals surface area (Å²) >= 11 is 12.2. The van der Waals surface area contributed by atoms with Gasteiger partial charge in [0.1, 0.15) is 5.82 Å². The maximum Gasteiger partial charge on any atom is 0.304 e. The summed E-state index contributed by atoms with van der Waals surface area (Å²) < 4.78 is 48.8. The van der Waals surface area contributed by atoms with Gasteiger partial charge >= 0.3 is 10.2 Å². The molecule has 3 fully saturated rings. The Morgan fingerprint density at radius 1 is 1.11 bits per heavy atom. The van der Waals surface area contributed by atoms with Crippen LogP contribution in [0.5, 0.6) is 0 Å². The van der Waals surface area contributed by atoms with E-state index in [0.717, 1.165) is 36.0 Å². The van der Waals surface area contributed by atoms with Crippen molar-refractivity contribution in [2.75, 3.05) is 32.8 Å². The Hall–Kier alpha value is -1.75. The predicted octanol–water partition coefficient (Wildman–Crippen LogP) is 4.13. The van der Waals surface area contributed by atoms with E-state index < -0.39 is 21.9 Å². The molecule has 2 aromatic rings. The van der Waals surface area contributed by atoms with Crippen LogP contribution >= 0.6 is 23.2 Å². The maximum atomic E-state index is 15.1. The second-order valence-corrected chi connectivity index (χ2v) is 12.2. The summed E-state index contributed by atoms with van der Waals surface area (Å²) in [4.78, 5) is 14.9. The number of nitrogens with one attached hydrogen (secondary N) is 1. The lowest BCUT2D eigenvalue weighted by atomic mass is 9.98. The Morgan fingerprint density at radius 2 is 1.89 bits per heavy atom. The smallest absolute Gasteiger partial charge is 0.304 e. The molecule has 1 N–H and O–H groups in total. The topological polar surface area (TPSA) is 79.0 Å². The molecule has 2 saturated heterocycles. The number of amides is 1. The van der Waals surface area contributed by atoms with Crippen LogP contribution in [0, 0.1) is 5.82 Å². The van der Waals surface area contributed by atoms with Crippen molar-refractivity contribution in [3.63, 3.8) is 0 Å². The fourth-order valence-corrected chi connectivity index (χ4v) is 6.23. The average molecular weight is 556 g/mol. The molecule has 3 aliphatic rings. The van der Waals surface area contributed by atoms with Gasteiger partial charge in [-0.1, -0.05) is 29.3 Å². The highest BCUT2D eigenvalue weighted by Gasteiger charge is 2.33. The molecule has 2 aromatic carbocycles. The van der Waals surface area contributed by atoms with E-state index in [1.807, 2.05) is 16.9 Å². The first-order valence-corrected chi connectivity index (χ1v) is 14.3. The number of hydrogen-bond acceptors (Lipinski definition) is 5. The number of halogens is 3. The Labute approximate surface area is 220 Å². The Kier molecular flexibility index (Phi) is 7.59. The molecule has 0 aromatic heterocycles. The van der Waals surface area contributed by atoms with Crippen molar-refractivity contribution in [1.82, 2.24) is 13.9 Å². The second-order valence-electron chi connectivity index (χ2n) is 9.67. The minimum absolute atomic E-state index is 0.0398. The van der Waals surface area contributed by atoms with Crippen molar-refractivity contribution in [2.24, 2.45) is 0 Å². The van der Waals surface area contributed by atoms with Gasteiger partial charge in [0.2, 0.25) is 0 Å². The molecule has 7 nitrogen and oxygen atoms in total.